The van der Waals surface area contributed by atoms with Crippen LogP contribution in [0.1, 0.15) is 12.8 Å². The Morgan fingerprint density at radius 3 is 2.64 bits per heavy atom. The first-order valence-corrected chi connectivity index (χ1v) is 10.8. The lowest BCUT2D eigenvalue weighted by Gasteiger charge is -2.04. The Labute approximate surface area is 190 Å². The third-order valence-electron chi connectivity index (χ3n) is 5.51. The second-order valence-electron chi connectivity index (χ2n) is 7.88. The summed E-state index contributed by atoms with van der Waals surface area (Å²) in [6.07, 6.45) is 3.75. The Bertz CT molecular complexity index is 1380. The van der Waals surface area contributed by atoms with E-state index < -0.39 is 0 Å². The van der Waals surface area contributed by atoms with Crippen LogP contribution < -0.4 is 15.4 Å². The van der Waals surface area contributed by atoms with Gasteiger partial charge in [-0.15, -0.1) is 0 Å². The summed E-state index contributed by atoms with van der Waals surface area (Å²) in [6.45, 7) is 0. The van der Waals surface area contributed by atoms with Gasteiger partial charge in [0.15, 0.2) is 11.4 Å². The molecular weight excluding hydrogens is 416 g/mol. The number of H-pyrrole nitrogens is 1. The molecule has 166 valence electrons. The average molecular weight is 441 g/mol. The van der Waals surface area contributed by atoms with Gasteiger partial charge in [-0.2, -0.15) is 5.10 Å². The Balaban J connectivity index is 0.000000146. The van der Waals surface area contributed by atoms with E-state index in [-0.39, 0.29) is 11.8 Å². The fourth-order valence-electron chi connectivity index (χ4n) is 3.54. The van der Waals surface area contributed by atoms with E-state index in [0.717, 1.165) is 57.7 Å². The molecule has 0 bridgehead atoms. The van der Waals surface area contributed by atoms with Crippen LogP contribution in [0.2, 0.25) is 0 Å². The number of hydrogen-bond donors (Lipinski definition) is 3. The summed E-state index contributed by atoms with van der Waals surface area (Å²) >= 11 is 0. The van der Waals surface area contributed by atoms with Gasteiger partial charge in [-0.3, -0.25) is 9.89 Å². The molecule has 2 aromatic heterocycles. The Morgan fingerprint density at radius 2 is 1.85 bits per heavy atom. The van der Waals surface area contributed by atoms with Gasteiger partial charge in [0.05, 0.1) is 24.6 Å². The highest BCUT2D eigenvalue weighted by molar-refractivity contribution is 5.96. The number of benzene rings is 3. The zero-order chi connectivity index (χ0) is 22.6. The van der Waals surface area contributed by atoms with Crippen LogP contribution in [0.4, 0.5) is 17.2 Å². The van der Waals surface area contributed by atoms with Crippen molar-refractivity contribution in [3.63, 3.8) is 0 Å². The van der Waals surface area contributed by atoms with E-state index in [0.29, 0.717) is 0 Å². The molecule has 7 nitrogen and oxygen atoms in total. The minimum atomic E-state index is 0.134. The lowest BCUT2D eigenvalue weighted by atomic mass is 10.2. The van der Waals surface area contributed by atoms with Crippen molar-refractivity contribution in [1.82, 2.24) is 10.2 Å². The number of furan rings is 1. The first kappa shape index (κ1) is 20.6. The predicted octanol–water partition coefficient (Wildman–Crippen LogP) is 6.10. The maximum absolute atomic E-state index is 11.4. The summed E-state index contributed by atoms with van der Waals surface area (Å²) < 4.78 is 10.5. The van der Waals surface area contributed by atoms with Crippen LogP contribution in [0.25, 0.3) is 21.9 Å². The van der Waals surface area contributed by atoms with Gasteiger partial charge < -0.3 is 19.8 Å². The smallest absolute Gasteiger partial charge is 0.227 e. The van der Waals surface area contributed by atoms with Crippen molar-refractivity contribution in [2.45, 2.75) is 12.8 Å². The number of para-hydroxylation sites is 2. The van der Waals surface area contributed by atoms with Gasteiger partial charge in [0.2, 0.25) is 5.91 Å². The molecule has 0 radical (unpaired) electrons. The summed E-state index contributed by atoms with van der Waals surface area (Å²) in [7, 11) is 1.62. The third-order valence-corrected chi connectivity index (χ3v) is 5.51. The number of anilines is 3. The van der Waals surface area contributed by atoms with Crippen molar-refractivity contribution in [3.05, 3.63) is 79.1 Å². The number of carbonyl (C=O) groups excluding carboxylic acids is 1. The maximum Gasteiger partial charge on any atom is 0.227 e. The molecule has 3 N–H and O–H groups in total. The predicted molar refractivity (Wildman–Crippen MR) is 130 cm³/mol. The molecule has 3 aromatic carbocycles. The molecule has 0 unspecified atom stereocenters. The third kappa shape index (κ3) is 4.67. The summed E-state index contributed by atoms with van der Waals surface area (Å²) in [4.78, 5) is 11.4. The van der Waals surface area contributed by atoms with Crippen LogP contribution in [-0.2, 0) is 4.79 Å². The average Bonchev–Trinajstić information content (AvgIpc) is 3.46. The highest BCUT2D eigenvalue weighted by atomic mass is 16.5. The second kappa shape index (κ2) is 9.08. The van der Waals surface area contributed by atoms with Crippen molar-refractivity contribution in [1.29, 1.82) is 0 Å². The standard InChI is InChI=1S/C15H11N3O.C11H13NO2/c1-2-6-12-11(5-1)15(18-17-12)16-13-7-3-4-10-8-9-19-14(10)13;1-14-10-6-4-9(5-7-10)12-11(13)8-2-3-8/h1-9H,(H2,16,17,18);4-8H,2-3H2,1H3,(H,12,13). The van der Waals surface area contributed by atoms with Crippen molar-refractivity contribution in [2.24, 2.45) is 5.92 Å². The molecule has 6 rings (SSSR count). The highest BCUT2D eigenvalue weighted by Gasteiger charge is 2.29. The molecule has 7 heteroatoms. The first-order chi connectivity index (χ1) is 16.2. The number of amides is 1. The minimum Gasteiger partial charge on any atom is -0.497 e. The van der Waals surface area contributed by atoms with Gasteiger partial charge in [-0.1, -0.05) is 24.3 Å². The van der Waals surface area contributed by atoms with E-state index in [9.17, 15) is 4.79 Å². The summed E-state index contributed by atoms with van der Waals surface area (Å²) in [5, 5.41) is 15.6. The van der Waals surface area contributed by atoms with Gasteiger partial charge >= 0.3 is 0 Å². The summed E-state index contributed by atoms with van der Waals surface area (Å²) in [5.41, 5.74) is 3.61. The maximum atomic E-state index is 11.4. The molecule has 0 saturated heterocycles. The van der Waals surface area contributed by atoms with Gasteiger partial charge in [0.25, 0.3) is 0 Å². The van der Waals surface area contributed by atoms with Crippen LogP contribution in [0, 0.1) is 5.92 Å². The number of methoxy groups -OCH3 is 1. The molecule has 1 fully saturated rings. The lowest BCUT2D eigenvalue weighted by molar-refractivity contribution is -0.117. The Kier molecular flexibility index (Phi) is 5.68. The monoisotopic (exact) mass is 440 g/mol. The van der Waals surface area contributed by atoms with Crippen LogP contribution in [-0.4, -0.2) is 23.2 Å². The molecule has 1 aliphatic rings. The summed E-state index contributed by atoms with van der Waals surface area (Å²) in [5.74, 6) is 1.99. The Hall–Kier alpha value is -4.26. The number of fused-ring (bicyclic) bond motifs is 2. The normalized spacial score (nSPS) is 12.8. The second-order valence-corrected chi connectivity index (χ2v) is 7.88. The van der Waals surface area contributed by atoms with Crippen LogP contribution >= 0.6 is 0 Å². The number of rotatable bonds is 5. The molecule has 2 heterocycles. The van der Waals surface area contributed by atoms with E-state index in [1.807, 2.05) is 72.8 Å². The molecule has 0 aliphatic heterocycles. The zero-order valence-corrected chi connectivity index (χ0v) is 18.2. The highest BCUT2D eigenvalue weighted by Crippen LogP contribution is 2.31. The summed E-state index contributed by atoms with van der Waals surface area (Å²) in [6, 6.07) is 23.3. The number of carbonyl (C=O) groups is 1. The van der Waals surface area contributed by atoms with Crippen molar-refractivity contribution in [3.8, 4) is 5.75 Å². The van der Waals surface area contributed by atoms with Gasteiger partial charge in [-0.05, 0) is 61.4 Å². The van der Waals surface area contributed by atoms with E-state index in [1.54, 1.807) is 13.4 Å². The van der Waals surface area contributed by atoms with Crippen LogP contribution in [0.3, 0.4) is 0 Å². The van der Waals surface area contributed by atoms with E-state index >= 15 is 0 Å². The molecule has 5 aromatic rings. The number of hydrogen-bond acceptors (Lipinski definition) is 5. The van der Waals surface area contributed by atoms with E-state index in [2.05, 4.69) is 20.8 Å². The molecule has 1 amide bonds. The number of nitrogens with zero attached hydrogens (tertiary/aromatic N) is 1. The van der Waals surface area contributed by atoms with Crippen LogP contribution in [0.5, 0.6) is 5.75 Å². The van der Waals surface area contributed by atoms with Gasteiger partial charge in [-0.25, -0.2) is 0 Å². The first-order valence-electron chi connectivity index (χ1n) is 10.8. The van der Waals surface area contributed by atoms with Gasteiger partial charge in [0, 0.05) is 22.4 Å². The van der Waals surface area contributed by atoms with Crippen molar-refractivity contribution < 1.29 is 13.9 Å². The Morgan fingerprint density at radius 1 is 1.03 bits per heavy atom. The van der Waals surface area contributed by atoms with Crippen molar-refractivity contribution >= 4 is 45.0 Å². The van der Waals surface area contributed by atoms with Crippen LogP contribution in [0.15, 0.2) is 83.5 Å². The number of ether oxygens (including phenoxy) is 1. The molecular formula is C26H24N4O3. The molecule has 1 saturated carbocycles. The fourth-order valence-corrected chi connectivity index (χ4v) is 3.54. The van der Waals surface area contributed by atoms with E-state index in [1.165, 1.54) is 0 Å². The molecule has 1 aliphatic carbocycles. The minimum absolute atomic E-state index is 0.134. The van der Waals surface area contributed by atoms with Gasteiger partial charge in [0.1, 0.15) is 5.75 Å². The quantitative estimate of drug-likeness (QED) is 0.307. The number of aromatic amines is 1. The van der Waals surface area contributed by atoms with Crippen molar-refractivity contribution in [2.75, 3.05) is 17.7 Å². The topological polar surface area (TPSA) is 92.2 Å². The SMILES string of the molecule is COc1ccc(NC(=O)C2CC2)cc1.c1cc(Nc2n[nH]c3ccccc23)c2occc2c1. The molecule has 33 heavy (non-hydrogen) atoms. The zero-order valence-electron chi connectivity index (χ0n) is 18.2. The lowest BCUT2D eigenvalue weighted by Crippen LogP contribution is -2.12. The number of aromatic nitrogens is 2. The molecule has 0 atom stereocenters. The number of nitrogens with one attached hydrogen (secondary N) is 3. The molecule has 0 spiro atoms. The van der Waals surface area contributed by atoms with E-state index in [4.69, 9.17) is 9.15 Å². The largest absolute Gasteiger partial charge is 0.497 e. The fraction of sp³-hybridized carbons (Fsp3) is 0.154.